The Hall–Kier alpha value is -3.53. The van der Waals surface area contributed by atoms with Crippen molar-refractivity contribution in [3.05, 3.63) is 4.91 Å². The Morgan fingerprint density at radius 3 is 1.50 bits per heavy atom. The van der Waals surface area contributed by atoms with E-state index in [0.29, 0.717) is 38.5 Å². The molecule has 3 heterocycles. The Balaban J connectivity index is 1.64. The van der Waals surface area contributed by atoms with Gasteiger partial charge in [0.25, 0.3) is 0 Å². The molecule has 17 atom stereocenters. The fraction of sp³-hybridized carbons (Fsp3) is 0.900. The predicted molar refractivity (Wildman–Crippen MR) is 257 cm³/mol. The Kier molecular flexibility index (Phi) is 30.6. The van der Waals surface area contributed by atoms with Crippen LogP contribution in [0, 0.1) is 4.91 Å². The largest absolute Gasteiger partial charge is 0.479 e. The minimum atomic E-state index is -1.98. The van der Waals surface area contributed by atoms with Crippen molar-refractivity contribution in [3.8, 4) is 0 Å². The van der Waals surface area contributed by atoms with Gasteiger partial charge in [-0.05, 0) is 38.5 Å². The Labute approximate surface area is 433 Å². The van der Waals surface area contributed by atoms with Gasteiger partial charge in [0, 0.05) is 27.7 Å². The number of carboxylic acids is 1. The maximum Gasteiger partial charge on any atom is 0.332 e. The van der Waals surface area contributed by atoms with Crippen LogP contribution in [-0.4, -0.2) is 190 Å². The summed E-state index contributed by atoms with van der Waals surface area (Å²) in [4.78, 5) is 70.7. The summed E-state index contributed by atoms with van der Waals surface area (Å²) in [6.07, 6.45) is -7.07. The number of rotatable bonds is 36. The summed E-state index contributed by atoms with van der Waals surface area (Å²) < 4.78 is 57.6. The van der Waals surface area contributed by atoms with Crippen LogP contribution in [0.3, 0.4) is 0 Å². The number of aliphatic hydroxyl groups excluding tert-OH is 6. The number of aliphatic hydroxyl groups is 6. The predicted octanol–water partition coefficient (Wildman–Crippen LogP) is 3.14. The van der Waals surface area contributed by atoms with Gasteiger partial charge in [0.2, 0.25) is 0 Å². The van der Waals surface area contributed by atoms with Crippen LogP contribution in [0.2, 0.25) is 0 Å². The highest BCUT2D eigenvalue weighted by Gasteiger charge is 2.54. The lowest BCUT2D eigenvalue weighted by Gasteiger charge is -2.47. The first-order valence-corrected chi connectivity index (χ1v) is 26.4. The number of unbranched alkanes of at least 4 members (excludes halogenated alkanes) is 12. The van der Waals surface area contributed by atoms with Gasteiger partial charge in [-0.25, -0.2) is 4.79 Å². The van der Waals surface area contributed by atoms with Gasteiger partial charge in [-0.1, -0.05) is 102 Å². The lowest BCUT2D eigenvalue weighted by Crippen LogP contribution is -2.65. The second-order valence-corrected chi connectivity index (χ2v) is 19.5. The van der Waals surface area contributed by atoms with E-state index in [1.807, 2.05) is 6.92 Å². The Morgan fingerprint density at radius 2 is 1.01 bits per heavy atom. The molecule has 0 spiro atoms. The molecule has 0 saturated carbocycles. The van der Waals surface area contributed by atoms with Gasteiger partial charge < -0.3 is 83.1 Å². The average molecular weight is 1070 g/mol. The van der Waals surface area contributed by atoms with E-state index in [0.717, 1.165) is 111 Å². The van der Waals surface area contributed by atoms with Crippen molar-refractivity contribution in [2.24, 2.45) is 5.18 Å². The minimum Gasteiger partial charge on any atom is -0.479 e. The fourth-order valence-electron chi connectivity index (χ4n) is 9.21. The standard InChI is InChI=1S/C50H85NO23/c1-6-7-21-33(22-20-25-35(57)34(56)23-18-16-14-12-10-8-9-11-13-15-17-19-24-36(58)47(62)63)71-49-45(41(59)37(26-66-49)68-30(3)53)74-50-46(42(60)38(27-67-50)69-31(4)54)73-48-43(61)40(51-64)44(70-32(5)55)39(72-48)28-65-29(2)52/h33-46,48-50,56-61H,6-28H2,1-5H3,(H,62,63). The number of hydrogen-bond acceptors (Lipinski definition) is 23. The molecule has 3 aliphatic heterocycles. The summed E-state index contributed by atoms with van der Waals surface area (Å²) in [5.41, 5.74) is 0. The van der Waals surface area contributed by atoms with Crippen LogP contribution in [0.15, 0.2) is 5.18 Å². The molecule has 24 nitrogen and oxygen atoms in total. The smallest absolute Gasteiger partial charge is 0.332 e. The number of ether oxygens (including phenoxy) is 10. The molecular weight excluding hydrogens is 983 g/mol. The van der Waals surface area contributed by atoms with E-state index in [1.165, 1.54) is 0 Å². The quantitative estimate of drug-likeness (QED) is 0.0205. The number of carbonyl (C=O) groups excluding carboxylic acids is 4. The van der Waals surface area contributed by atoms with Crippen molar-refractivity contribution in [1.82, 2.24) is 0 Å². The van der Waals surface area contributed by atoms with Gasteiger partial charge in [0.05, 0.1) is 31.5 Å². The van der Waals surface area contributed by atoms with E-state index in [9.17, 15) is 59.5 Å². The minimum absolute atomic E-state index is 0.273. The van der Waals surface area contributed by atoms with Gasteiger partial charge in [-0.15, -0.1) is 0 Å². The van der Waals surface area contributed by atoms with Crippen molar-refractivity contribution >= 4 is 29.8 Å². The highest BCUT2D eigenvalue weighted by atomic mass is 16.8. The third-order valence-electron chi connectivity index (χ3n) is 13.2. The molecule has 0 radical (unpaired) electrons. The van der Waals surface area contributed by atoms with E-state index >= 15 is 0 Å². The maximum atomic E-state index is 12.1. The van der Waals surface area contributed by atoms with Gasteiger partial charge in [-0.2, -0.15) is 4.91 Å². The number of carbonyl (C=O) groups is 5. The summed E-state index contributed by atoms with van der Waals surface area (Å²) in [5, 5.41) is 77.4. The van der Waals surface area contributed by atoms with Gasteiger partial charge in [0.1, 0.15) is 43.2 Å². The van der Waals surface area contributed by atoms with Crippen molar-refractivity contribution in [2.45, 2.75) is 267 Å². The molecule has 0 aromatic rings. The van der Waals surface area contributed by atoms with Crippen molar-refractivity contribution in [3.63, 3.8) is 0 Å². The molecule has 0 aliphatic carbocycles. The Morgan fingerprint density at radius 1 is 0.554 bits per heavy atom. The van der Waals surface area contributed by atoms with Crippen molar-refractivity contribution in [1.29, 1.82) is 0 Å². The zero-order chi connectivity index (χ0) is 54.7. The van der Waals surface area contributed by atoms with Crippen LogP contribution in [0.5, 0.6) is 0 Å². The van der Waals surface area contributed by atoms with Crippen LogP contribution in [0.1, 0.15) is 163 Å². The molecule has 428 valence electrons. The zero-order valence-electron chi connectivity index (χ0n) is 43.7. The van der Waals surface area contributed by atoms with Crippen LogP contribution in [0.4, 0.5) is 0 Å². The summed E-state index contributed by atoms with van der Waals surface area (Å²) >= 11 is 0. The number of aliphatic carboxylic acids is 1. The monoisotopic (exact) mass is 1070 g/mol. The van der Waals surface area contributed by atoms with Crippen LogP contribution in [-0.2, 0) is 71.3 Å². The molecular formula is C50H85NO23. The zero-order valence-corrected chi connectivity index (χ0v) is 43.7. The van der Waals surface area contributed by atoms with E-state index in [2.05, 4.69) is 5.18 Å². The van der Waals surface area contributed by atoms with Gasteiger partial charge in [0.15, 0.2) is 49.3 Å². The Bertz CT molecular complexity index is 1660. The third kappa shape index (κ3) is 23.0. The highest BCUT2D eigenvalue weighted by molar-refractivity contribution is 5.71. The van der Waals surface area contributed by atoms with E-state index in [1.54, 1.807) is 0 Å². The molecule has 0 aromatic carbocycles. The molecule has 0 amide bonds. The van der Waals surface area contributed by atoms with E-state index in [4.69, 9.17) is 52.5 Å². The molecule has 3 rings (SSSR count). The lowest BCUT2D eigenvalue weighted by atomic mass is 9.96. The average Bonchev–Trinajstić information content (AvgIpc) is 3.34. The molecule has 17 unspecified atom stereocenters. The number of esters is 4. The van der Waals surface area contributed by atoms with E-state index in [-0.39, 0.29) is 13.0 Å². The fourth-order valence-corrected chi connectivity index (χ4v) is 9.21. The third-order valence-corrected chi connectivity index (χ3v) is 13.2. The lowest BCUT2D eigenvalue weighted by molar-refractivity contribution is -0.376. The molecule has 3 fully saturated rings. The molecule has 3 aliphatic rings. The summed E-state index contributed by atoms with van der Waals surface area (Å²) in [5.74, 6) is -4.36. The number of carboxylic acid groups (broad SMARTS) is 1. The number of hydrogen-bond donors (Lipinski definition) is 7. The van der Waals surface area contributed by atoms with Crippen molar-refractivity contribution in [2.75, 3.05) is 19.8 Å². The van der Waals surface area contributed by atoms with Crippen molar-refractivity contribution < 1.29 is 107 Å². The molecule has 0 aromatic heterocycles. The summed E-state index contributed by atoms with van der Waals surface area (Å²) in [6.45, 7) is 4.96. The van der Waals surface area contributed by atoms with E-state index < -0.39 is 147 Å². The van der Waals surface area contributed by atoms with Gasteiger partial charge in [-0.3, -0.25) is 19.2 Å². The van der Waals surface area contributed by atoms with Crippen LogP contribution >= 0.6 is 0 Å². The summed E-state index contributed by atoms with van der Waals surface area (Å²) in [7, 11) is 0. The SMILES string of the molecule is CCCCC(CCCC(O)C(O)CCCCCCCCCCCCCCC(O)C(=O)O)OC1OCC(OC(C)=O)C(O)C1OC1OCC(OC(C)=O)C(O)C1OC1OC(COC(C)=O)C(OC(C)=O)C(N=O)C1O. The first-order chi connectivity index (χ1) is 35.3. The number of nitrogens with zero attached hydrogens (tertiary/aromatic N) is 1. The first-order valence-electron chi connectivity index (χ1n) is 26.4. The normalized spacial score (nSPS) is 29.8. The first kappa shape index (κ1) is 64.8. The maximum absolute atomic E-state index is 12.1. The van der Waals surface area contributed by atoms with Crippen LogP contribution in [0.25, 0.3) is 0 Å². The molecule has 0 bridgehead atoms. The molecule has 74 heavy (non-hydrogen) atoms. The van der Waals surface area contributed by atoms with Gasteiger partial charge >= 0.3 is 29.8 Å². The second-order valence-electron chi connectivity index (χ2n) is 19.5. The summed E-state index contributed by atoms with van der Waals surface area (Å²) in [6, 6.07) is -1.75. The topological polar surface area (TPSA) is 349 Å². The highest BCUT2D eigenvalue weighted by Crippen LogP contribution is 2.34. The molecule has 7 N–H and O–H groups in total. The molecule has 3 saturated heterocycles. The van der Waals surface area contributed by atoms with Crippen LogP contribution < -0.4 is 0 Å². The second kappa shape index (κ2) is 35.0. The number of nitroso groups, excluding NO2 is 1. The molecule has 24 heteroatoms.